The second kappa shape index (κ2) is 6.57. The molecule has 1 unspecified atom stereocenters. The summed E-state index contributed by atoms with van der Waals surface area (Å²) < 4.78 is 7.04. The molecule has 0 saturated heterocycles. The van der Waals surface area contributed by atoms with E-state index in [1.807, 2.05) is 17.6 Å². The topological polar surface area (TPSA) is 85.8 Å². The minimum Gasteiger partial charge on any atom is -0.338 e. The molecule has 1 N–H and O–H groups in total. The van der Waals surface area contributed by atoms with E-state index in [2.05, 4.69) is 27.2 Å². The van der Waals surface area contributed by atoms with Gasteiger partial charge in [0.25, 0.3) is 0 Å². The number of allylic oxidation sites excluding steroid dienone is 1. The number of carbonyl (C=O) groups excluding carboxylic acids is 1. The van der Waals surface area contributed by atoms with Gasteiger partial charge in [0, 0.05) is 18.5 Å². The molecule has 0 aliphatic heterocycles. The average molecular weight is 333 g/mol. The monoisotopic (exact) mass is 333 g/mol. The molecule has 1 aliphatic carbocycles. The molecule has 0 bridgehead atoms. The molecular weight excluding hydrogens is 314 g/mol. The summed E-state index contributed by atoms with van der Waals surface area (Å²) in [7, 11) is 0. The van der Waals surface area contributed by atoms with Crippen molar-refractivity contribution in [2.75, 3.05) is 5.32 Å². The maximum atomic E-state index is 12.3. The predicted octanol–water partition coefficient (Wildman–Crippen LogP) is 2.76. The van der Waals surface area contributed by atoms with Gasteiger partial charge in [0.05, 0.1) is 10.9 Å². The molecule has 2 heterocycles. The zero-order valence-electron chi connectivity index (χ0n) is 13.2. The first-order valence-corrected chi connectivity index (χ1v) is 8.41. The number of nitrogens with zero attached hydrogens (tertiary/aromatic N) is 4. The van der Waals surface area contributed by atoms with Crippen LogP contribution in [0.4, 0.5) is 5.88 Å². The predicted molar refractivity (Wildman–Crippen MR) is 87.4 cm³/mol. The normalized spacial score (nSPS) is 15.4. The number of aryl methyl sites for hydroxylation is 1. The number of hydrogen-bond donors (Lipinski definition) is 1. The zero-order chi connectivity index (χ0) is 16.4. The van der Waals surface area contributed by atoms with Gasteiger partial charge in [-0.25, -0.2) is 0 Å². The number of thioether (sulfide) groups is 1. The number of hydrogen-bond acceptors (Lipinski definition) is 6. The van der Waals surface area contributed by atoms with Crippen molar-refractivity contribution >= 4 is 23.6 Å². The number of nitrogens with one attached hydrogen (secondary N) is 1. The van der Waals surface area contributed by atoms with Gasteiger partial charge < -0.3 is 9.09 Å². The van der Waals surface area contributed by atoms with Crippen LogP contribution in [-0.2, 0) is 11.3 Å². The Bertz CT molecular complexity index is 719. The Kier molecular flexibility index (Phi) is 4.51. The van der Waals surface area contributed by atoms with E-state index in [9.17, 15) is 4.79 Å². The summed E-state index contributed by atoms with van der Waals surface area (Å²) in [6.07, 6.45) is 4.13. The molecule has 1 fully saturated rings. The summed E-state index contributed by atoms with van der Waals surface area (Å²) in [5, 5.41) is 15.4. The van der Waals surface area contributed by atoms with Gasteiger partial charge in [0.1, 0.15) is 5.82 Å². The Labute approximate surface area is 138 Å². The van der Waals surface area contributed by atoms with E-state index in [1.54, 1.807) is 13.0 Å². The van der Waals surface area contributed by atoms with Crippen molar-refractivity contribution in [2.24, 2.45) is 0 Å². The first kappa shape index (κ1) is 15.8. The van der Waals surface area contributed by atoms with Gasteiger partial charge in [-0.2, -0.15) is 0 Å². The molecule has 1 amide bonds. The Morgan fingerprint density at radius 3 is 3.00 bits per heavy atom. The van der Waals surface area contributed by atoms with Crippen LogP contribution in [0.1, 0.15) is 37.2 Å². The molecule has 0 spiro atoms. The second-order valence-corrected chi connectivity index (χ2v) is 6.90. The Hall–Kier alpha value is -2.09. The van der Waals surface area contributed by atoms with Crippen LogP contribution in [0.25, 0.3) is 0 Å². The van der Waals surface area contributed by atoms with Crippen molar-refractivity contribution in [3.05, 3.63) is 30.2 Å². The number of anilines is 1. The summed E-state index contributed by atoms with van der Waals surface area (Å²) in [6, 6.07) is 1.68. The summed E-state index contributed by atoms with van der Waals surface area (Å²) in [5.41, 5.74) is 0.723. The van der Waals surface area contributed by atoms with Gasteiger partial charge in [-0.1, -0.05) is 23.0 Å². The highest BCUT2D eigenvalue weighted by atomic mass is 32.2. The van der Waals surface area contributed by atoms with Crippen LogP contribution in [-0.4, -0.2) is 31.1 Å². The number of carbonyl (C=O) groups is 1. The summed E-state index contributed by atoms with van der Waals surface area (Å²) in [6.45, 7) is 8.06. The van der Waals surface area contributed by atoms with E-state index in [-0.39, 0.29) is 11.2 Å². The van der Waals surface area contributed by atoms with E-state index in [1.165, 1.54) is 11.8 Å². The lowest BCUT2D eigenvalue weighted by Crippen LogP contribution is -2.22. The highest BCUT2D eigenvalue weighted by Gasteiger charge is 2.31. The number of amides is 1. The molecule has 0 radical (unpaired) electrons. The molecule has 7 nitrogen and oxygen atoms in total. The van der Waals surface area contributed by atoms with Crippen molar-refractivity contribution < 1.29 is 9.32 Å². The van der Waals surface area contributed by atoms with Crippen molar-refractivity contribution in [3.8, 4) is 0 Å². The third kappa shape index (κ3) is 3.64. The van der Waals surface area contributed by atoms with Crippen LogP contribution in [0.2, 0.25) is 0 Å². The van der Waals surface area contributed by atoms with Crippen LogP contribution in [0.3, 0.4) is 0 Å². The quantitative estimate of drug-likeness (QED) is 0.619. The standard InChI is InChI=1S/C15H19N5O2S/c1-4-7-20-13(11-5-6-11)17-18-15(20)23-10(3)14(21)16-12-8-9(2)19-22-12/h4,8,10-11H,1,5-7H2,2-3H3,(H,16,21). The zero-order valence-corrected chi connectivity index (χ0v) is 14.0. The molecule has 2 aromatic rings. The third-order valence-corrected chi connectivity index (χ3v) is 4.61. The van der Waals surface area contributed by atoms with Crippen LogP contribution in [0.15, 0.2) is 28.4 Å². The number of aromatic nitrogens is 4. The van der Waals surface area contributed by atoms with E-state index in [0.29, 0.717) is 18.3 Å². The summed E-state index contributed by atoms with van der Waals surface area (Å²) in [5.74, 6) is 1.68. The molecule has 3 rings (SSSR count). The van der Waals surface area contributed by atoms with Crippen LogP contribution in [0, 0.1) is 6.92 Å². The lowest BCUT2D eigenvalue weighted by Gasteiger charge is -2.11. The lowest BCUT2D eigenvalue weighted by molar-refractivity contribution is -0.115. The maximum absolute atomic E-state index is 12.3. The molecule has 23 heavy (non-hydrogen) atoms. The minimum atomic E-state index is -0.333. The van der Waals surface area contributed by atoms with E-state index in [4.69, 9.17) is 4.52 Å². The molecule has 1 atom stereocenters. The minimum absolute atomic E-state index is 0.160. The Balaban J connectivity index is 1.68. The van der Waals surface area contributed by atoms with E-state index in [0.717, 1.165) is 29.5 Å². The van der Waals surface area contributed by atoms with E-state index >= 15 is 0 Å². The highest BCUT2D eigenvalue weighted by molar-refractivity contribution is 8.00. The van der Waals surface area contributed by atoms with Crippen molar-refractivity contribution in [2.45, 2.75) is 49.6 Å². The first-order valence-electron chi connectivity index (χ1n) is 7.53. The fourth-order valence-corrected chi connectivity index (χ4v) is 3.05. The molecule has 122 valence electrons. The molecular formula is C15H19N5O2S. The maximum Gasteiger partial charge on any atom is 0.240 e. The largest absolute Gasteiger partial charge is 0.338 e. The summed E-state index contributed by atoms with van der Waals surface area (Å²) >= 11 is 1.38. The molecule has 8 heteroatoms. The van der Waals surface area contributed by atoms with E-state index < -0.39 is 0 Å². The summed E-state index contributed by atoms with van der Waals surface area (Å²) in [4.78, 5) is 12.3. The molecule has 2 aromatic heterocycles. The van der Waals surface area contributed by atoms with Gasteiger partial charge in [-0.05, 0) is 26.7 Å². The number of rotatable bonds is 7. The van der Waals surface area contributed by atoms with Gasteiger partial charge >= 0.3 is 0 Å². The highest BCUT2D eigenvalue weighted by Crippen LogP contribution is 2.40. The lowest BCUT2D eigenvalue weighted by atomic mass is 10.4. The molecule has 1 saturated carbocycles. The molecule has 1 aliphatic rings. The second-order valence-electron chi connectivity index (χ2n) is 5.60. The van der Waals surface area contributed by atoms with Crippen molar-refractivity contribution in [3.63, 3.8) is 0 Å². The Morgan fingerprint density at radius 1 is 1.61 bits per heavy atom. The SMILES string of the molecule is C=CCn1c(SC(C)C(=O)Nc2cc(C)no2)nnc1C1CC1. The van der Waals surface area contributed by atoms with Crippen LogP contribution >= 0.6 is 11.8 Å². The van der Waals surface area contributed by atoms with Gasteiger partial charge in [-0.15, -0.1) is 16.8 Å². The van der Waals surface area contributed by atoms with Crippen LogP contribution < -0.4 is 5.32 Å². The van der Waals surface area contributed by atoms with Crippen molar-refractivity contribution in [1.29, 1.82) is 0 Å². The van der Waals surface area contributed by atoms with Gasteiger partial charge in [0.2, 0.25) is 11.8 Å². The first-order chi connectivity index (χ1) is 11.1. The fraction of sp³-hybridized carbons (Fsp3) is 0.467. The van der Waals surface area contributed by atoms with Crippen LogP contribution in [0.5, 0.6) is 0 Å². The average Bonchev–Trinajstić information content (AvgIpc) is 3.17. The van der Waals surface area contributed by atoms with Crippen molar-refractivity contribution in [1.82, 2.24) is 19.9 Å². The molecule has 0 aromatic carbocycles. The smallest absolute Gasteiger partial charge is 0.240 e. The Morgan fingerprint density at radius 2 is 2.39 bits per heavy atom. The van der Waals surface area contributed by atoms with Gasteiger partial charge in [-0.3, -0.25) is 10.1 Å². The van der Waals surface area contributed by atoms with Gasteiger partial charge in [0.15, 0.2) is 5.16 Å². The fourth-order valence-electron chi connectivity index (χ4n) is 2.19. The third-order valence-electron chi connectivity index (χ3n) is 3.53.